The van der Waals surface area contributed by atoms with E-state index in [0.717, 1.165) is 30.4 Å². The summed E-state index contributed by atoms with van der Waals surface area (Å²) >= 11 is 0. The predicted octanol–water partition coefficient (Wildman–Crippen LogP) is 3.69. The third-order valence-electron chi connectivity index (χ3n) is 4.47. The minimum absolute atomic E-state index is 0.0729. The van der Waals surface area contributed by atoms with E-state index in [1.807, 2.05) is 31.2 Å². The quantitative estimate of drug-likeness (QED) is 0.866. The lowest BCUT2D eigenvalue weighted by Crippen LogP contribution is -2.33. The predicted molar refractivity (Wildman–Crippen MR) is 88.2 cm³/mol. The van der Waals surface area contributed by atoms with Crippen LogP contribution in [0.2, 0.25) is 0 Å². The Kier molecular flexibility index (Phi) is 4.06. The zero-order valence-electron chi connectivity index (χ0n) is 13.0. The van der Waals surface area contributed by atoms with Gasteiger partial charge in [0.2, 0.25) is 10.0 Å². The molecule has 0 aromatic heterocycles. The van der Waals surface area contributed by atoms with Gasteiger partial charge in [-0.15, -0.1) is 0 Å². The summed E-state index contributed by atoms with van der Waals surface area (Å²) in [5.41, 5.74) is 3.47. The molecule has 1 aliphatic carbocycles. The SMILES string of the molecule is Cc1ccc(S(=O)(=O)N(C)[C@H]2CCCc3ccccc32)cc1. The summed E-state index contributed by atoms with van der Waals surface area (Å²) in [6.45, 7) is 1.96. The molecule has 0 fully saturated rings. The minimum atomic E-state index is -3.46. The van der Waals surface area contributed by atoms with Gasteiger partial charge in [0.1, 0.15) is 0 Å². The monoisotopic (exact) mass is 315 g/mol. The van der Waals surface area contributed by atoms with E-state index in [-0.39, 0.29) is 6.04 Å². The molecule has 0 saturated carbocycles. The van der Waals surface area contributed by atoms with Crippen molar-refractivity contribution in [3.8, 4) is 0 Å². The fourth-order valence-electron chi connectivity index (χ4n) is 3.15. The van der Waals surface area contributed by atoms with Gasteiger partial charge in [0.15, 0.2) is 0 Å². The Morgan fingerprint density at radius 2 is 1.73 bits per heavy atom. The largest absolute Gasteiger partial charge is 0.243 e. The van der Waals surface area contributed by atoms with Crippen molar-refractivity contribution in [1.82, 2.24) is 4.31 Å². The van der Waals surface area contributed by atoms with E-state index in [1.54, 1.807) is 19.2 Å². The number of benzene rings is 2. The van der Waals surface area contributed by atoms with Gasteiger partial charge in [-0.1, -0.05) is 42.0 Å². The number of aryl methyl sites for hydroxylation is 2. The highest BCUT2D eigenvalue weighted by Gasteiger charge is 2.31. The zero-order chi connectivity index (χ0) is 15.7. The standard InChI is InChI=1S/C18H21NO2S/c1-14-10-12-16(13-11-14)22(20,21)19(2)18-9-5-7-15-6-3-4-8-17(15)18/h3-4,6,8,10-13,18H,5,7,9H2,1-2H3/t18-/m0/s1. The van der Waals surface area contributed by atoms with Crippen molar-refractivity contribution in [3.63, 3.8) is 0 Å². The highest BCUT2D eigenvalue weighted by atomic mass is 32.2. The smallest absolute Gasteiger partial charge is 0.207 e. The molecular formula is C18H21NO2S. The number of rotatable bonds is 3. The van der Waals surface area contributed by atoms with Crippen LogP contribution < -0.4 is 0 Å². The third-order valence-corrected chi connectivity index (χ3v) is 6.36. The van der Waals surface area contributed by atoms with Crippen LogP contribution in [0.1, 0.15) is 35.6 Å². The summed E-state index contributed by atoms with van der Waals surface area (Å²) in [6.07, 6.45) is 2.93. The van der Waals surface area contributed by atoms with E-state index >= 15 is 0 Å². The van der Waals surface area contributed by atoms with Crippen LogP contribution in [0.4, 0.5) is 0 Å². The first kappa shape index (κ1) is 15.3. The Bertz CT molecular complexity index is 766. The van der Waals surface area contributed by atoms with Crippen LogP contribution in [0, 0.1) is 6.92 Å². The van der Waals surface area contributed by atoms with Crippen LogP contribution >= 0.6 is 0 Å². The highest BCUT2D eigenvalue weighted by Crippen LogP contribution is 2.36. The van der Waals surface area contributed by atoms with Crippen LogP contribution in [-0.4, -0.2) is 19.8 Å². The topological polar surface area (TPSA) is 37.4 Å². The van der Waals surface area contributed by atoms with Crippen molar-refractivity contribution >= 4 is 10.0 Å². The molecule has 0 aliphatic heterocycles. The molecule has 4 heteroatoms. The molecule has 0 N–H and O–H groups in total. The van der Waals surface area contributed by atoms with Crippen molar-refractivity contribution < 1.29 is 8.42 Å². The first-order chi connectivity index (χ1) is 10.5. The van der Waals surface area contributed by atoms with E-state index in [4.69, 9.17) is 0 Å². The number of hydrogen-bond donors (Lipinski definition) is 0. The molecule has 3 rings (SSSR count). The maximum Gasteiger partial charge on any atom is 0.243 e. The Morgan fingerprint density at radius 3 is 2.45 bits per heavy atom. The molecule has 2 aromatic carbocycles. The molecule has 0 saturated heterocycles. The molecule has 1 aliphatic rings. The van der Waals surface area contributed by atoms with Crippen LogP contribution in [0.5, 0.6) is 0 Å². The first-order valence-corrected chi connectivity index (χ1v) is 9.06. The maximum absolute atomic E-state index is 12.9. The van der Waals surface area contributed by atoms with Crippen LogP contribution in [0.25, 0.3) is 0 Å². The Morgan fingerprint density at radius 1 is 1.05 bits per heavy atom. The second kappa shape index (κ2) is 5.86. The number of nitrogens with zero attached hydrogens (tertiary/aromatic N) is 1. The highest BCUT2D eigenvalue weighted by molar-refractivity contribution is 7.89. The zero-order valence-corrected chi connectivity index (χ0v) is 13.8. The van der Waals surface area contributed by atoms with Crippen molar-refractivity contribution in [2.24, 2.45) is 0 Å². The Hall–Kier alpha value is -1.65. The summed E-state index contributed by atoms with van der Waals surface area (Å²) in [4.78, 5) is 0.364. The molecule has 0 radical (unpaired) electrons. The van der Waals surface area contributed by atoms with Gasteiger partial charge in [-0.3, -0.25) is 0 Å². The maximum atomic E-state index is 12.9. The van der Waals surface area contributed by atoms with Crippen molar-refractivity contribution in [2.45, 2.75) is 37.1 Å². The van der Waals surface area contributed by atoms with E-state index < -0.39 is 10.0 Å². The van der Waals surface area contributed by atoms with Gasteiger partial charge in [-0.2, -0.15) is 4.31 Å². The van der Waals surface area contributed by atoms with Gasteiger partial charge < -0.3 is 0 Å². The molecule has 0 heterocycles. The van der Waals surface area contributed by atoms with E-state index in [0.29, 0.717) is 4.90 Å². The van der Waals surface area contributed by atoms with E-state index in [9.17, 15) is 8.42 Å². The number of fused-ring (bicyclic) bond motifs is 1. The third kappa shape index (κ3) is 2.69. The summed E-state index contributed by atoms with van der Waals surface area (Å²) in [6, 6.07) is 15.2. The van der Waals surface area contributed by atoms with Crippen molar-refractivity contribution in [2.75, 3.05) is 7.05 Å². The fraction of sp³-hybridized carbons (Fsp3) is 0.333. The van der Waals surface area contributed by atoms with Gasteiger partial charge in [0.25, 0.3) is 0 Å². The number of hydrogen-bond acceptors (Lipinski definition) is 2. The van der Waals surface area contributed by atoms with Crippen molar-refractivity contribution in [1.29, 1.82) is 0 Å². The number of sulfonamides is 1. The Balaban J connectivity index is 1.97. The summed E-state index contributed by atoms with van der Waals surface area (Å²) in [7, 11) is -1.77. The van der Waals surface area contributed by atoms with Gasteiger partial charge in [-0.25, -0.2) is 8.42 Å². The normalized spacial score (nSPS) is 18.2. The Labute approximate surface area is 132 Å². The fourth-order valence-corrected chi connectivity index (χ4v) is 4.52. The lowest BCUT2D eigenvalue weighted by molar-refractivity contribution is 0.337. The minimum Gasteiger partial charge on any atom is -0.207 e. The lowest BCUT2D eigenvalue weighted by Gasteiger charge is -2.32. The molecule has 0 amide bonds. The average molecular weight is 315 g/mol. The van der Waals surface area contributed by atoms with Crippen LogP contribution in [-0.2, 0) is 16.4 Å². The van der Waals surface area contributed by atoms with Gasteiger partial charge in [-0.05, 0) is 49.4 Å². The first-order valence-electron chi connectivity index (χ1n) is 7.62. The molecule has 2 aromatic rings. The van der Waals surface area contributed by atoms with E-state index in [2.05, 4.69) is 12.1 Å². The molecule has 0 unspecified atom stereocenters. The summed E-state index contributed by atoms with van der Waals surface area (Å²) in [5, 5.41) is 0. The van der Waals surface area contributed by atoms with Gasteiger partial charge in [0.05, 0.1) is 4.90 Å². The molecule has 3 nitrogen and oxygen atoms in total. The molecule has 116 valence electrons. The summed E-state index contributed by atoms with van der Waals surface area (Å²) in [5.74, 6) is 0. The van der Waals surface area contributed by atoms with Crippen LogP contribution in [0.3, 0.4) is 0 Å². The summed E-state index contributed by atoms with van der Waals surface area (Å²) < 4.78 is 27.3. The molecule has 1 atom stereocenters. The molecule has 22 heavy (non-hydrogen) atoms. The van der Waals surface area contributed by atoms with Crippen molar-refractivity contribution in [3.05, 3.63) is 65.2 Å². The average Bonchev–Trinajstić information content (AvgIpc) is 2.54. The van der Waals surface area contributed by atoms with E-state index in [1.165, 1.54) is 9.87 Å². The van der Waals surface area contributed by atoms with Gasteiger partial charge in [0, 0.05) is 13.1 Å². The molecular weight excluding hydrogens is 294 g/mol. The molecule has 0 bridgehead atoms. The molecule has 0 spiro atoms. The second-order valence-corrected chi connectivity index (χ2v) is 7.94. The lowest BCUT2D eigenvalue weighted by atomic mass is 9.88. The van der Waals surface area contributed by atoms with Gasteiger partial charge >= 0.3 is 0 Å². The second-order valence-electron chi connectivity index (χ2n) is 5.94. The van der Waals surface area contributed by atoms with Crippen LogP contribution in [0.15, 0.2) is 53.4 Å².